The summed E-state index contributed by atoms with van der Waals surface area (Å²) in [5, 5.41) is 54.2. The Morgan fingerprint density at radius 1 is 0.589 bits per heavy atom. The van der Waals surface area contributed by atoms with Crippen LogP contribution in [-0.2, 0) is 14.3 Å². The fourth-order valence-electron chi connectivity index (χ4n) is 7.75. The van der Waals surface area contributed by atoms with Crippen molar-refractivity contribution in [2.45, 2.75) is 269 Å². The molecule has 0 aliphatic carbocycles. The molecule has 1 aliphatic heterocycles. The Kier molecular flexibility index (Phi) is 36.1. The van der Waals surface area contributed by atoms with E-state index in [-0.39, 0.29) is 12.5 Å². The van der Waals surface area contributed by atoms with E-state index in [4.69, 9.17) is 9.47 Å². The first-order valence-corrected chi connectivity index (χ1v) is 23.9. The maximum atomic E-state index is 13.0. The molecule has 1 heterocycles. The van der Waals surface area contributed by atoms with Crippen molar-refractivity contribution < 1.29 is 39.8 Å². The van der Waals surface area contributed by atoms with Crippen molar-refractivity contribution in [3.63, 3.8) is 0 Å². The van der Waals surface area contributed by atoms with Crippen molar-refractivity contribution in [1.29, 1.82) is 0 Å². The highest BCUT2D eigenvalue weighted by Gasteiger charge is 2.44. The van der Waals surface area contributed by atoms with Gasteiger partial charge in [0.15, 0.2) is 6.29 Å². The number of amides is 1. The molecule has 0 aromatic heterocycles. The number of hydrogen-bond acceptors (Lipinski definition) is 8. The number of rotatable bonds is 40. The Bertz CT molecular complexity index is 888. The first-order chi connectivity index (χ1) is 27.3. The molecule has 7 atom stereocenters. The molecule has 6 N–H and O–H groups in total. The van der Waals surface area contributed by atoms with E-state index in [1.54, 1.807) is 6.08 Å². The summed E-state index contributed by atoms with van der Waals surface area (Å²) < 4.78 is 11.2. The molecule has 5 unspecified atom stereocenters. The SMILES string of the molecule is CCCCCCCCCCCCCC/C=C/C(O)C(COC1OC(CO)[C@H](O)[C@H](O)C1O)NC(=O)CCCCCCCCCCCCCCCCCCCCC. The van der Waals surface area contributed by atoms with Crippen LogP contribution in [-0.4, -0.2) is 87.5 Å². The summed E-state index contributed by atoms with van der Waals surface area (Å²) in [6.07, 6.45) is 36.8. The zero-order valence-corrected chi connectivity index (χ0v) is 36.4. The number of allylic oxidation sites excluding steroid dienone is 1. The maximum Gasteiger partial charge on any atom is 0.220 e. The minimum atomic E-state index is -1.56. The quantitative estimate of drug-likeness (QED) is 0.0265. The summed E-state index contributed by atoms with van der Waals surface area (Å²) in [5.41, 5.74) is 0. The van der Waals surface area contributed by atoms with Crippen LogP contribution >= 0.6 is 0 Å². The summed E-state index contributed by atoms with van der Waals surface area (Å²) in [6.45, 7) is 3.79. The smallest absolute Gasteiger partial charge is 0.220 e. The Morgan fingerprint density at radius 3 is 1.39 bits per heavy atom. The molecule has 332 valence electrons. The molecule has 1 rings (SSSR count). The van der Waals surface area contributed by atoms with Crippen LogP contribution in [0.3, 0.4) is 0 Å². The highest BCUT2D eigenvalue weighted by Crippen LogP contribution is 2.23. The second-order valence-corrected chi connectivity index (χ2v) is 16.9. The van der Waals surface area contributed by atoms with Gasteiger partial charge in [0.1, 0.15) is 24.4 Å². The van der Waals surface area contributed by atoms with E-state index in [2.05, 4.69) is 19.2 Å². The minimum absolute atomic E-state index is 0.173. The highest BCUT2D eigenvalue weighted by molar-refractivity contribution is 5.76. The van der Waals surface area contributed by atoms with E-state index >= 15 is 0 Å². The summed E-state index contributed by atoms with van der Waals surface area (Å²) >= 11 is 0. The van der Waals surface area contributed by atoms with Crippen molar-refractivity contribution in [3.05, 3.63) is 12.2 Å². The van der Waals surface area contributed by atoms with Gasteiger partial charge in [0.2, 0.25) is 5.91 Å². The normalized spacial score (nSPS) is 21.2. The van der Waals surface area contributed by atoms with E-state index < -0.39 is 49.5 Å². The van der Waals surface area contributed by atoms with Gasteiger partial charge in [-0.3, -0.25) is 4.79 Å². The van der Waals surface area contributed by atoms with Crippen LogP contribution in [0.4, 0.5) is 0 Å². The topological polar surface area (TPSA) is 149 Å². The van der Waals surface area contributed by atoms with Crippen LogP contribution in [0.1, 0.15) is 226 Å². The summed E-state index contributed by atoms with van der Waals surface area (Å²) in [7, 11) is 0. The second kappa shape index (κ2) is 38.2. The molecule has 0 aromatic carbocycles. The van der Waals surface area contributed by atoms with Crippen LogP contribution in [0.25, 0.3) is 0 Å². The monoisotopic (exact) mass is 798 g/mol. The Balaban J connectivity index is 2.31. The van der Waals surface area contributed by atoms with Crippen molar-refractivity contribution in [2.75, 3.05) is 13.2 Å². The van der Waals surface area contributed by atoms with Gasteiger partial charge in [-0.15, -0.1) is 0 Å². The first kappa shape index (κ1) is 52.9. The maximum absolute atomic E-state index is 13.0. The fraction of sp³-hybridized carbons (Fsp3) is 0.936. The van der Waals surface area contributed by atoms with E-state index in [1.807, 2.05) is 6.08 Å². The molecule has 1 saturated heterocycles. The van der Waals surface area contributed by atoms with Gasteiger partial charge in [-0.05, 0) is 19.3 Å². The molecule has 1 aliphatic rings. The third kappa shape index (κ3) is 28.4. The zero-order chi connectivity index (χ0) is 40.9. The van der Waals surface area contributed by atoms with Crippen molar-refractivity contribution in [2.24, 2.45) is 0 Å². The molecule has 0 spiro atoms. The number of aliphatic hydroxyl groups is 5. The molecule has 9 heteroatoms. The number of hydrogen-bond donors (Lipinski definition) is 6. The third-order valence-electron chi connectivity index (χ3n) is 11.6. The Hall–Kier alpha value is -1.07. The molecule has 56 heavy (non-hydrogen) atoms. The lowest BCUT2D eigenvalue weighted by molar-refractivity contribution is -0.302. The average Bonchev–Trinajstić information content (AvgIpc) is 3.20. The van der Waals surface area contributed by atoms with Crippen molar-refractivity contribution >= 4 is 5.91 Å². The van der Waals surface area contributed by atoms with E-state index in [0.717, 1.165) is 38.5 Å². The minimum Gasteiger partial charge on any atom is -0.394 e. The Morgan fingerprint density at radius 2 is 0.982 bits per heavy atom. The van der Waals surface area contributed by atoms with Gasteiger partial charge in [0, 0.05) is 6.42 Å². The molecule has 0 aromatic rings. The van der Waals surface area contributed by atoms with E-state index in [9.17, 15) is 30.3 Å². The molecule has 0 saturated carbocycles. The predicted octanol–water partition coefficient (Wildman–Crippen LogP) is 10.1. The fourth-order valence-corrected chi connectivity index (χ4v) is 7.75. The number of ether oxygens (including phenoxy) is 2. The standard InChI is InChI=1S/C47H91NO8/c1-3-5-7-9-11-13-15-17-19-20-21-22-23-25-27-29-31-33-35-37-43(51)48-40(39-55-47-46(54)45(53)44(52)42(38-49)56-47)41(50)36-34-32-30-28-26-24-18-16-14-12-10-8-6-4-2/h34,36,40-42,44-47,49-50,52-54H,3-33,35,37-39H2,1-2H3,(H,48,51)/b36-34+/t40?,41?,42?,44-,45-,46?,47?/m0/s1. The van der Waals surface area contributed by atoms with Gasteiger partial charge >= 0.3 is 0 Å². The van der Waals surface area contributed by atoms with E-state index in [0.29, 0.717) is 6.42 Å². The molecular formula is C47H91NO8. The zero-order valence-electron chi connectivity index (χ0n) is 36.4. The highest BCUT2D eigenvalue weighted by atomic mass is 16.7. The van der Waals surface area contributed by atoms with Crippen molar-refractivity contribution in [1.82, 2.24) is 5.32 Å². The number of carbonyl (C=O) groups is 1. The lowest BCUT2D eigenvalue weighted by Crippen LogP contribution is -2.60. The van der Waals surface area contributed by atoms with Gasteiger partial charge in [-0.25, -0.2) is 0 Å². The molecule has 1 amide bonds. The van der Waals surface area contributed by atoms with Gasteiger partial charge in [0.25, 0.3) is 0 Å². The second-order valence-electron chi connectivity index (χ2n) is 16.9. The summed E-state index contributed by atoms with van der Waals surface area (Å²) in [4.78, 5) is 13.0. The lowest BCUT2D eigenvalue weighted by Gasteiger charge is -2.40. The number of unbranched alkanes of at least 4 members (excludes halogenated alkanes) is 30. The lowest BCUT2D eigenvalue weighted by atomic mass is 9.99. The van der Waals surface area contributed by atoms with Gasteiger partial charge < -0.3 is 40.3 Å². The first-order valence-electron chi connectivity index (χ1n) is 23.9. The molecular weight excluding hydrogens is 707 g/mol. The van der Waals surface area contributed by atoms with Crippen LogP contribution in [0.15, 0.2) is 12.2 Å². The number of aliphatic hydroxyl groups excluding tert-OH is 5. The van der Waals surface area contributed by atoms with Gasteiger partial charge in [0.05, 0.1) is 25.4 Å². The van der Waals surface area contributed by atoms with Crippen LogP contribution in [0, 0.1) is 0 Å². The third-order valence-corrected chi connectivity index (χ3v) is 11.6. The summed E-state index contributed by atoms with van der Waals surface area (Å²) in [6, 6.07) is -0.798. The van der Waals surface area contributed by atoms with Crippen molar-refractivity contribution in [3.8, 4) is 0 Å². The molecule has 1 fully saturated rings. The number of carbonyl (C=O) groups excluding carboxylic acids is 1. The van der Waals surface area contributed by atoms with Crippen LogP contribution in [0.2, 0.25) is 0 Å². The predicted molar refractivity (Wildman–Crippen MR) is 231 cm³/mol. The van der Waals surface area contributed by atoms with Crippen LogP contribution in [0.5, 0.6) is 0 Å². The average molecular weight is 798 g/mol. The number of nitrogens with one attached hydrogen (secondary N) is 1. The largest absolute Gasteiger partial charge is 0.394 e. The van der Waals surface area contributed by atoms with Gasteiger partial charge in [-0.2, -0.15) is 0 Å². The molecule has 9 nitrogen and oxygen atoms in total. The molecule has 0 bridgehead atoms. The van der Waals surface area contributed by atoms with Crippen LogP contribution < -0.4 is 5.32 Å². The molecule has 0 radical (unpaired) electrons. The van der Waals surface area contributed by atoms with E-state index in [1.165, 1.54) is 167 Å². The van der Waals surface area contributed by atoms with Gasteiger partial charge in [-0.1, -0.05) is 212 Å². The summed E-state index contributed by atoms with van der Waals surface area (Å²) in [5.74, 6) is -0.173. The Labute approximate surface area is 344 Å².